The van der Waals surface area contributed by atoms with Crippen LogP contribution in [-0.2, 0) is 27.8 Å². The Balaban J connectivity index is 1.58. The molecule has 2 aromatic rings. The number of nitrogens with one attached hydrogen (secondary N) is 1. The Morgan fingerprint density at radius 2 is 1.62 bits per heavy atom. The fourth-order valence-electron chi connectivity index (χ4n) is 4.87. The van der Waals surface area contributed by atoms with E-state index in [-0.39, 0.29) is 48.2 Å². The fraction of sp³-hybridized carbons (Fsp3) is 0.444. The molecular formula is C27H30N6O5S2. The first-order valence-electron chi connectivity index (χ1n) is 13.0. The lowest BCUT2D eigenvalue weighted by molar-refractivity contribution is -0.129. The summed E-state index contributed by atoms with van der Waals surface area (Å²) in [5.41, 5.74) is 1.55. The van der Waals surface area contributed by atoms with E-state index in [4.69, 9.17) is 10.5 Å². The molecule has 0 radical (unpaired) electrons. The quantitative estimate of drug-likeness (QED) is 0.477. The zero-order chi connectivity index (χ0) is 28.9. The molecule has 1 N–H and O–H groups in total. The number of fused-ring (bicyclic) bond motifs is 1. The summed E-state index contributed by atoms with van der Waals surface area (Å²) < 4.78 is 27.3. The molecule has 0 bridgehead atoms. The van der Waals surface area contributed by atoms with Crippen LogP contribution in [0.2, 0.25) is 0 Å². The zero-order valence-corrected chi connectivity index (χ0v) is 23.8. The van der Waals surface area contributed by atoms with Crippen LogP contribution >= 0.6 is 11.3 Å². The van der Waals surface area contributed by atoms with Crippen LogP contribution in [0, 0.1) is 22.7 Å². The number of amides is 3. The molecule has 0 spiro atoms. The average molecular weight is 583 g/mol. The Morgan fingerprint density at radius 1 is 1.00 bits per heavy atom. The fourth-order valence-corrected chi connectivity index (χ4v) is 7.56. The van der Waals surface area contributed by atoms with Gasteiger partial charge in [0.05, 0.1) is 29.1 Å². The summed E-state index contributed by atoms with van der Waals surface area (Å²) in [5.74, 6) is -0.670. The minimum absolute atomic E-state index is 0.0153. The third-order valence-corrected chi connectivity index (χ3v) is 10.1. The number of hydrogen-bond acceptors (Lipinski definition) is 8. The van der Waals surface area contributed by atoms with Gasteiger partial charge in [0.15, 0.2) is 0 Å². The Morgan fingerprint density at radius 3 is 2.20 bits per heavy atom. The monoisotopic (exact) mass is 582 g/mol. The van der Waals surface area contributed by atoms with E-state index >= 15 is 0 Å². The van der Waals surface area contributed by atoms with Gasteiger partial charge in [-0.2, -0.15) is 14.8 Å². The van der Waals surface area contributed by atoms with E-state index in [1.165, 1.54) is 42.5 Å². The average Bonchev–Trinajstić information content (AvgIpc) is 3.60. The smallest absolute Gasteiger partial charge is 0.257 e. The summed E-state index contributed by atoms with van der Waals surface area (Å²) >= 11 is 1.29. The summed E-state index contributed by atoms with van der Waals surface area (Å²) in [5, 5.41) is 21.1. The summed E-state index contributed by atoms with van der Waals surface area (Å²) in [4.78, 5) is 43.0. The lowest BCUT2D eigenvalue weighted by Crippen LogP contribution is -2.35. The SMILES string of the molecule is CC(=O)N1CCc2c(sc(NC(=O)c3ccc(S(=O)(=O)N(CCC#N)CCC#N)cc3)c2C(=O)N2CCCC2)C1. The van der Waals surface area contributed by atoms with Gasteiger partial charge in [0.1, 0.15) is 5.00 Å². The minimum atomic E-state index is -3.97. The zero-order valence-electron chi connectivity index (χ0n) is 22.2. The Labute approximate surface area is 237 Å². The van der Waals surface area contributed by atoms with Gasteiger partial charge < -0.3 is 15.1 Å². The molecule has 40 heavy (non-hydrogen) atoms. The first kappa shape index (κ1) is 29.2. The van der Waals surface area contributed by atoms with Crippen molar-refractivity contribution >= 4 is 44.1 Å². The Hall–Kier alpha value is -3.78. The molecule has 1 aromatic carbocycles. The van der Waals surface area contributed by atoms with E-state index in [0.717, 1.165) is 27.6 Å². The van der Waals surface area contributed by atoms with Crippen molar-refractivity contribution in [1.29, 1.82) is 10.5 Å². The first-order valence-corrected chi connectivity index (χ1v) is 15.3. The van der Waals surface area contributed by atoms with E-state index < -0.39 is 15.9 Å². The molecule has 4 rings (SSSR count). The third kappa shape index (κ3) is 6.17. The van der Waals surface area contributed by atoms with Gasteiger partial charge in [0.2, 0.25) is 15.9 Å². The number of hydrogen-bond donors (Lipinski definition) is 1. The van der Waals surface area contributed by atoms with Crippen molar-refractivity contribution in [3.8, 4) is 12.1 Å². The molecule has 0 aliphatic carbocycles. The molecule has 13 heteroatoms. The largest absolute Gasteiger partial charge is 0.339 e. The molecule has 1 aromatic heterocycles. The van der Waals surface area contributed by atoms with Crippen molar-refractivity contribution < 1.29 is 22.8 Å². The van der Waals surface area contributed by atoms with Crippen molar-refractivity contribution in [2.24, 2.45) is 0 Å². The molecule has 3 heterocycles. The Bertz CT molecular complexity index is 1460. The number of rotatable bonds is 9. The van der Waals surface area contributed by atoms with Crippen LogP contribution in [0.4, 0.5) is 5.00 Å². The second kappa shape index (κ2) is 12.6. The number of carbonyl (C=O) groups excluding carboxylic acids is 3. The van der Waals surface area contributed by atoms with Gasteiger partial charge in [-0.05, 0) is 49.1 Å². The van der Waals surface area contributed by atoms with E-state index in [1.807, 2.05) is 12.1 Å². The van der Waals surface area contributed by atoms with E-state index in [2.05, 4.69) is 5.32 Å². The maximum absolute atomic E-state index is 13.5. The van der Waals surface area contributed by atoms with Crippen molar-refractivity contribution in [1.82, 2.24) is 14.1 Å². The van der Waals surface area contributed by atoms with Crippen molar-refractivity contribution in [2.45, 2.75) is 50.5 Å². The van der Waals surface area contributed by atoms with Crippen LogP contribution in [0.3, 0.4) is 0 Å². The second-order valence-electron chi connectivity index (χ2n) is 9.60. The van der Waals surface area contributed by atoms with E-state index in [1.54, 1.807) is 9.80 Å². The lowest BCUT2D eigenvalue weighted by atomic mass is 10.0. The maximum Gasteiger partial charge on any atom is 0.257 e. The predicted molar refractivity (Wildman–Crippen MR) is 148 cm³/mol. The van der Waals surface area contributed by atoms with Gasteiger partial charge in [-0.15, -0.1) is 11.3 Å². The number of thiophene rings is 1. The standard InChI is InChI=1S/C27H30N6O5S2/c1-19(34)32-17-10-22-23(18-32)39-26(24(22)27(36)31-13-2-3-14-31)30-25(35)20-6-8-21(9-7-20)40(37,38)33(15-4-11-28)16-5-12-29/h6-9H,2-5,10,13-18H2,1H3,(H,30,35). The van der Waals surface area contributed by atoms with Crippen molar-refractivity contribution in [2.75, 3.05) is 38.0 Å². The molecule has 11 nitrogen and oxygen atoms in total. The molecule has 2 aliphatic heterocycles. The van der Waals surface area contributed by atoms with Gasteiger partial charge in [-0.3, -0.25) is 14.4 Å². The van der Waals surface area contributed by atoms with Gasteiger partial charge in [0, 0.05) is 62.9 Å². The van der Waals surface area contributed by atoms with Crippen LogP contribution in [0.15, 0.2) is 29.2 Å². The highest BCUT2D eigenvalue weighted by molar-refractivity contribution is 7.89. The molecule has 3 amide bonds. The van der Waals surface area contributed by atoms with Crippen molar-refractivity contribution in [3.63, 3.8) is 0 Å². The third-order valence-electron chi connectivity index (χ3n) is 7.04. The molecule has 0 atom stereocenters. The molecule has 0 unspecified atom stereocenters. The molecule has 210 valence electrons. The van der Waals surface area contributed by atoms with Crippen molar-refractivity contribution in [3.05, 3.63) is 45.8 Å². The number of benzene rings is 1. The normalized spacial score (nSPS) is 14.9. The summed E-state index contributed by atoms with van der Waals surface area (Å²) in [6, 6.07) is 9.24. The molecule has 1 saturated heterocycles. The lowest BCUT2D eigenvalue weighted by Gasteiger charge is -2.26. The Kier molecular flexibility index (Phi) is 9.20. The maximum atomic E-state index is 13.5. The highest BCUT2D eigenvalue weighted by Gasteiger charge is 2.33. The molecule has 0 saturated carbocycles. The van der Waals surface area contributed by atoms with Crippen LogP contribution in [0.1, 0.15) is 63.8 Å². The van der Waals surface area contributed by atoms with E-state index in [0.29, 0.717) is 43.2 Å². The van der Waals surface area contributed by atoms with Crippen LogP contribution in [0.25, 0.3) is 0 Å². The van der Waals surface area contributed by atoms with Gasteiger partial charge in [-0.1, -0.05) is 0 Å². The molecule has 2 aliphatic rings. The number of nitrogens with zero attached hydrogens (tertiary/aromatic N) is 5. The highest BCUT2D eigenvalue weighted by atomic mass is 32.2. The number of anilines is 1. The van der Waals surface area contributed by atoms with Gasteiger partial charge >= 0.3 is 0 Å². The minimum Gasteiger partial charge on any atom is -0.339 e. The summed E-state index contributed by atoms with van der Waals surface area (Å²) in [6.45, 7) is 3.63. The van der Waals surface area contributed by atoms with Crippen LogP contribution in [-0.4, -0.2) is 73.0 Å². The van der Waals surface area contributed by atoms with Gasteiger partial charge in [-0.25, -0.2) is 8.42 Å². The van der Waals surface area contributed by atoms with Gasteiger partial charge in [0.25, 0.3) is 11.8 Å². The number of nitriles is 2. The summed E-state index contributed by atoms with van der Waals surface area (Å²) in [6.07, 6.45) is 2.35. The predicted octanol–water partition coefficient (Wildman–Crippen LogP) is 2.96. The summed E-state index contributed by atoms with van der Waals surface area (Å²) in [7, 11) is -3.97. The van der Waals surface area contributed by atoms with Crippen LogP contribution < -0.4 is 5.32 Å². The van der Waals surface area contributed by atoms with Crippen LogP contribution in [0.5, 0.6) is 0 Å². The number of carbonyl (C=O) groups is 3. The number of sulfonamides is 1. The number of likely N-dealkylation sites (tertiary alicyclic amines) is 1. The first-order chi connectivity index (χ1) is 19.2. The second-order valence-corrected chi connectivity index (χ2v) is 12.6. The molecular weight excluding hydrogens is 552 g/mol. The highest BCUT2D eigenvalue weighted by Crippen LogP contribution is 2.38. The van der Waals surface area contributed by atoms with E-state index in [9.17, 15) is 22.8 Å². The molecule has 1 fully saturated rings. The topological polar surface area (TPSA) is 155 Å².